The van der Waals surface area contributed by atoms with Crippen LogP contribution in [0.3, 0.4) is 0 Å². The summed E-state index contributed by atoms with van der Waals surface area (Å²) < 4.78 is 7.03. The smallest absolute Gasteiger partial charge is 0.255 e. The maximum atomic E-state index is 13.3. The molecule has 2 aromatic carbocycles. The van der Waals surface area contributed by atoms with E-state index < -0.39 is 6.04 Å². The number of ether oxygens (including phenoxy) is 1. The largest absolute Gasteiger partial charge is 0.497 e. The molecule has 1 aromatic heterocycles. The molecule has 1 aliphatic heterocycles. The van der Waals surface area contributed by atoms with E-state index in [9.17, 15) is 4.79 Å². The van der Waals surface area contributed by atoms with Crippen LogP contribution in [0.4, 0.5) is 11.6 Å². The number of nitrogens with one attached hydrogen (secondary N) is 2. The van der Waals surface area contributed by atoms with Crippen molar-refractivity contribution in [3.63, 3.8) is 0 Å². The van der Waals surface area contributed by atoms with Gasteiger partial charge in [0.1, 0.15) is 11.8 Å². The molecule has 30 heavy (non-hydrogen) atoms. The first-order valence-corrected chi connectivity index (χ1v) is 10.8. The van der Waals surface area contributed by atoms with Crippen molar-refractivity contribution in [1.82, 2.24) is 14.8 Å². The molecule has 1 amide bonds. The lowest BCUT2D eigenvalue weighted by Gasteiger charge is -2.28. The number of carbonyl (C=O) groups is 1. The number of allylic oxidation sites excluding steroid dienone is 1. The number of carbonyl (C=O) groups excluding carboxylic acids is 1. The lowest BCUT2D eigenvalue weighted by atomic mass is 9.95. The van der Waals surface area contributed by atoms with Crippen LogP contribution in [0.2, 0.25) is 5.02 Å². The van der Waals surface area contributed by atoms with Crippen LogP contribution < -0.4 is 15.4 Å². The fourth-order valence-electron chi connectivity index (χ4n) is 3.34. The third kappa shape index (κ3) is 3.88. The zero-order valence-electron chi connectivity index (χ0n) is 16.6. The van der Waals surface area contributed by atoms with Gasteiger partial charge in [-0.05, 0) is 55.1 Å². The van der Waals surface area contributed by atoms with E-state index in [2.05, 4.69) is 20.7 Å². The monoisotopic (exact) mass is 441 g/mol. The van der Waals surface area contributed by atoms with E-state index >= 15 is 0 Å². The highest BCUT2D eigenvalue weighted by Crippen LogP contribution is 2.37. The molecule has 154 valence electrons. The van der Waals surface area contributed by atoms with Crippen molar-refractivity contribution in [2.24, 2.45) is 0 Å². The van der Waals surface area contributed by atoms with Crippen LogP contribution in [-0.4, -0.2) is 34.0 Å². The Bertz CT molecular complexity index is 1110. The van der Waals surface area contributed by atoms with Crippen LogP contribution in [-0.2, 0) is 4.79 Å². The Hall–Kier alpha value is -2.97. The van der Waals surface area contributed by atoms with Gasteiger partial charge in [0, 0.05) is 16.4 Å². The predicted octanol–water partition coefficient (Wildman–Crippen LogP) is 4.59. The zero-order chi connectivity index (χ0) is 21.3. The van der Waals surface area contributed by atoms with Crippen molar-refractivity contribution in [1.29, 1.82) is 0 Å². The zero-order valence-corrected chi connectivity index (χ0v) is 18.2. The quantitative estimate of drug-likeness (QED) is 0.563. The highest BCUT2D eigenvalue weighted by atomic mass is 35.5. The predicted molar refractivity (Wildman–Crippen MR) is 119 cm³/mol. The maximum Gasteiger partial charge on any atom is 0.255 e. The highest BCUT2D eigenvalue weighted by Gasteiger charge is 2.34. The normalized spacial score (nSPS) is 15.4. The van der Waals surface area contributed by atoms with E-state index in [1.165, 1.54) is 11.8 Å². The molecule has 4 rings (SSSR count). The molecule has 0 radical (unpaired) electrons. The summed E-state index contributed by atoms with van der Waals surface area (Å²) >= 11 is 7.40. The number of thioether (sulfide) groups is 1. The lowest BCUT2D eigenvalue weighted by Crippen LogP contribution is -2.31. The number of rotatable bonds is 5. The van der Waals surface area contributed by atoms with Gasteiger partial charge in [-0.3, -0.25) is 4.79 Å². The highest BCUT2D eigenvalue weighted by molar-refractivity contribution is 7.98. The first kappa shape index (κ1) is 20.3. The van der Waals surface area contributed by atoms with Gasteiger partial charge in [0.2, 0.25) is 11.1 Å². The van der Waals surface area contributed by atoms with Crippen LogP contribution in [0, 0.1) is 0 Å². The number of fused-ring (bicyclic) bond motifs is 1. The van der Waals surface area contributed by atoms with Gasteiger partial charge in [-0.15, -0.1) is 5.10 Å². The van der Waals surface area contributed by atoms with E-state index in [0.29, 0.717) is 27.4 Å². The molecule has 0 aliphatic carbocycles. The Balaban J connectivity index is 1.76. The average Bonchev–Trinajstić information content (AvgIpc) is 3.17. The molecule has 0 saturated carbocycles. The van der Waals surface area contributed by atoms with Crippen LogP contribution in [0.5, 0.6) is 5.75 Å². The minimum atomic E-state index is -0.437. The fraction of sp³-hybridized carbons (Fsp3) is 0.190. The van der Waals surface area contributed by atoms with Gasteiger partial charge >= 0.3 is 0 Å². The summed E-state index contributed by atoms with van der Waals surface area (Å²) in [7, 11) is 1.62. The second-order valence-corrected chi connectivity index (χ2v) is 7.88. The topological polar surface area (TPSA) is 81.1 Å². The SMILES string of the molecule is COc1ccc(C2C(C(=O)Nc3ccc(Cl)cc3)=C(C)Nc3nc(SC)nn32)cc1. The minimum absolute atomic E-state index is 0.227. The molecule has 7 nitrogen and oxygen atoms in total. The summed E-state index contributed by atoms with van der Waals surface area (Å²) in [4.78, 5) is 17.8. The van der Waals surface area contributed by atoms with Crippen LogP contribution in [0.25, 0.3) is 0 Å². The number of methoxy groups -OCH3 is 1. The summed E-state index contributed by atoms with van der Waals surface area (Å²) in [6, 6.07) is 14.2. The number of benzene rings is 2. The Morgan fingerprint density at radius 1 is 1.20 bits per heavy atom. The van der Waals surface area contributed by atoms with Gasteiger partial charge < -0.3 is 15.4 Å². The molecular weight excluding hydrogens is 422 g/mol. The molecule has 1 unspecified atom stereocenters. The fourth-order valence-corrected chi connectivity index (χ4v) is 3.81. The Kier molecular flexibility index (Phi) is 5.69. The number of halogens is 1. The van der Waals surface area contributed by atoms with Gasteiger partial charge in [-0.1, -0.05) is 35.5 Å². The first-order chi connectivity index (χ1) is 14.5. The lowest BCUT2D eigenvalue weighted by molar-refractivity contribution is -0.113. The molecule has 1 aliphatic rings. The second-order valence-electron chi connectivity index (χ2n) is 6.67. The van der Waals surface area contributed by atoms with Crippen molar-refractivity contribution >= 4 is 40.9 Å². The number of anilines is 2. The molecule has 0 spiro atoms. The third-order valence-electron chi connectivity index (χ3n) is 4.79. The number of nitrogens with zero attached hydrogens (tertiary/aromatic N) is 3. The summed E-state index contributed by atoms with van der Waals surface area (Å²) in [5, 5.41) is 12.0. The van der Waals surface area contributed by atoms with E-state index in [1.54, 1.807) is 36.1 Å². The van der Waals surface area contributed by atoms with E-state index in [0.717, 1.165) is 17.0 Å². The van der Waals surface area contributed by atoms with E-state index in [4.69, 9.17) is 16.3 Å². The Labute approximate surface area is 183 Å². The van der Waals surface area contributed by atoms with Crippen LogP contribution >= 0.6 is 23.4 Å². The molecule has 1 atom stereocenters. The van der Waals surface area contributed by atoms with E-state index in [1.807, 2.05) is 37.4 Å². The van der Waals surface area contributed by atoms with Crippen molar-refractivity contribution in [2.75, 3.05) is 24.0 Å². The van der Waals surface area contributed by atoms with E-state index in [-0.39, 0.29) is 5.91 Å². The molecule has 2 N–H and O–H groups in total. The van der Waals surface area contributed by atoms with Crippen molar-refractivity contribution in [2.45, 2.75) is 18.1 Å². The number of amides is 1. The van der Waals surface area contributed by atoms with Crippen LogP contribution in [0.1, 0.15) is 18.5 Å². The first-order valence-electron chi connectivity index (χ1n) is 9.19. The molecule has 3 aromatic rings. The number of aromatic nitrogens is 3. The maximum absolute atomic E-state index is 13.3. The molecule has 0 saturated heterocycles. The summed E-state index contributed by atoms with van der Waals surface area (Å²) in [6.45, 7) is 1.87. The molecule has 2 heterocycles. The van der Waals surface area contributed by atoms with Gasteiger partial charge in [0.15, 0.2) is 0 Å². The molecule has 0 bridgehead atoms. The second kappa shape index (κ2) is 8.41. The summed E-state index contributed by atoms with van der Waals surface area (Å²) in [5.41, 5.74) is 2.83. The van der Waals surface area contributed by atoms with Gasteiger partial charge in [0.25, 0.3) is 5.91 Å². The Morgan fingerprint density at radius 3 is 2.53 bits per heavy atom. The van der Waals surface area contributed by atoms with Crippen molar-refractivity contribution in [3.8, 4) is 5.75 Å². The standard InChI is InChI=1S/C21H20ClN5O2S/c1-12-17(19(28)24-15-8-6-14(22)7-9-15)18(13-4-10-16(29-2)11-5-13)27-20(23-12)25-21(26-27)30-3/h4-11,18H,1-3H3,(H,24,28)(H,23,25,26). The van der Waals surface area contributed by atoms with Crippen molar-refractivity contribution in [3.05, 3.63) is 70.4 Å². The van der Waals surface area contributed by atoms with Crippen LogP contribution in [0.15, 0.2) is 65.0 Å². The molecule has 9 heteroatoms. The minimum Gasteiger partial charge on any atom is -0.497 e. The van der Waals surface area contributed by atoms with Gasteiger partial charge in [0.05, 0.1) is 12.7 Å². The summed E-state index contributed by atoms with van der Waals surface area (Å²) in [5.74, 6) is 1.11. The molecular formula is C21H20ClN5O2S. The molecule has 0 fully saturated rings. The van der Waals surface area contributed by atoms with Crippen molar-refractivity contribution < 1.29 is 9.53 Å². The average molecular weight is 442 g/mol. The number of hydrogen-bond donors (Lipinski definition) is 2. The number of hydrogen-bond acceptors (Lipinski definition) is 6. The Morgan fingerprint density at radius 2 is 1.90 bits per heavy atom. The summed E-state index contributed by atoms with van der Waals surface area (Å²) in [6.07, 6.45) is 1.91. The third-order valence-corrected chi connectivity index (χ3v) is 5.58. The van der Waals surface area contributed by atoms with Gasteiger partial charge in [-0.2, -0.15) is 4.98 Å². The van der Waals surface area contributed by atoms with Gasteiger partial charge in [-0.25, -0.2) is 4.68 Å².